The number of nitrogens with zero attached hydrogens (tertiary/aromatic N) is 2. The molecule has 2 N–H and O–H groups in total. The van der Waals surface area contributed by atoms with E-state index >= 15 is 0 Å². The van der Waals surface area contributed by atoms with Gasteiger partial charge in [-0.05, 0) is 31.9 Å². The zero-order valence-corrected chi connectivity index (χ0v) is 9.62. The van der Waals surface area contributed by atoms with Gasteiger partial charge in [-0.25, -0.2) is 0 Å². The SMILES string of the molecule is CCC(O)(CC)CNc1ccc(C)nn1. The molecule has 0 aliphatic rings. The van der Waals surface area contributed by atoms with Gasteiger partial charge in [0.15, 0.2) is 0 Å². The first-order valence-corrected chi connectivity index (χ1v) is 5.36. The van der Waals surface area contributed by atoms with E-state index in [2.05, 4.69) is 15.5 Å². The second-order valence-electron chi connectivity index (χ2n) is 3.84. The molecule has 0 atom stereocenters. The summed E-state index contributed by atoms with van der Waals surface area (Å²) in [6.07, 6.45) is 1.46. The first kappa shape index (κ1) is 11.9. The van der Waals surface area contributed by atoms with Gasteiger partial charge >= 0.3 is 0 Å². The van der Waals surface area contributed by atoms with Gasteiger partial charge in [-0.1, -0.05) is 13.8 Å². The second kappa shape index (κ2) is 5.07. The molecule has 84 valence electrons. The Morgan fingerprint density at radius 3 is 2.40 bits per heavy atom. The van der Waals surface area contributed by atoms with Crippen LogP contribution in [0.3, 0.4) is 0 Å². The molecule has 0 aliphatic heterocycles. The third kappa shape index (κ3) is 3.47. The molecule has 0 unspecified atom stereocenters. The molecule has 4 heteroatoms. The Morgan fingerprint density at radius 2 is 1.93 bits per heavy atom. The number of aryl methyl sites for hydroxylation is 1. The minimum Gasteiger partial charge on any atom is -0.388 e. The van der Waals surface area contributed by atoms with Crippen LogP contribution in [-0.4, -0.2) is 27.4 Å². The molecule has 0 saturated carbocycles. The van der Waals surface area contributed by atoms with Gasteiger partial charge in [0.2, 0.25) is 0 Å². The van der Waals surface area contributed by atoms with Crippen molar-refractivity contribution in [2.75, 3.05) is 11.9 Å². The molecule has 1 aromatic heterocycles. The van der Waals surface area contributed by atoms with E-state index in [4.69, 9.17) is 0 Å². The van der Waals surface area contributed by atoms with Gasteiger partial charge in [0.05, 0.1) is 11.3 Å². The van der Waals surface area contributed by atoms with Crippen LogP contribution in [0.15, 0.2) is 12.1 Å². The minimum atomic E-state index is -0.646. The average Bonchev–Trinajstić information content (AvgIpc) is 2.28. The maximum Gasteiger partial charge on any atom is 0.148 e. The van der Waals surface area contributed by atoms with Crippen LogP contribution in [0.1, 0.15) is 32.4 Å². The van der Waals surface area contributed by atoms with Crippen molar-refractivity contribution in [3.05, 3.63) is 17.8 Å². The van der Waals surface area contributed by atoms with Crippen molar-refractivity contribution >= 4 is 5.82 Å². The summed E-state index contributed by atoms with van der Waals surface area (Å²) in [7, 11) is 0. The van der Waals surface area contributed by atoms with Crippen molar-refractivity contribution in [2.24, 2.45) is 0 Å². The lowest BCUT2D eigenvalue weighted by Gasteiger charge is -2.25. The Morgan fingerprint density at radius 1 is 1.27 bits per heavy atom. The van der Waals surface area contributed by atoms with Crippen LogP contribution in [0.5, 0.6) is 0 Å². The van der Waals surface area contributed by atoms with Gasteiger partial charge in [0, 0.05) is 6.54 Å². The van der Waals surface area contributed by atoms with Crippen LogP contribution in [0, 0.1) is 6.92 Å². The van der Waals surface area contributed by atoms with Crippen LogP contribution < -0.4 is 5.32 Å². The number of hydrogen-bond acceptors (Lipinski definition) is 4. The third-order valence-electron chi connectivity index (χ3n) is 2.71. The Balaban J connectivity index is 2.53. The lowest BCUT2D eigenvalue weighted by atomic mass is 9.98. The average molecular weight is 209 g/mol. The Kier molecular flexibility index (Phi) is 4.03. The van der Waals surface area contributed by atoms with Gasteiger partial charge in [-0.2, -0.15) is 5.10 Å². The Labute approximate surface area is 90.7 Å². The lowest BCUT2D eigenvalue weighted by Crippen LogP contribution is -2.35. The molecule has 1 rings (SSSR count). The number of anilines is 1. The normalized spacial score (nSPS) is 11.5. The number of hydrogen-bond donors (Lipinski definition) is 2. The summed E-state index contributed by atoms with van der Waals surface area (Å²) >= 11 is 0. The predicted molar refractivity (Wildman–Crippen MR) is 60.8 cm³/mol. The van der Waals surface area contributed by atoms with E-state index in [1.165, 1.54) is 0 Å². The summed E-state index contributed by atoms with van der Waals surface area (Å²) in [4.78, 5) is 0. The maximum atomic E-state index is 10.0. The second-order valence-corrected chi connectivity index (χ2v) is 3.84. The fourth-order valence-electron chi connectivity index (χ4n) is 1.25. The summed E-state index contributed by atoms with van der Waals surface area (Å²) in [5.74, 6) is 0.709. The highest BCUT2D eigenvalue weighted by Gasteiger charge is 2.21. The number of nitrogens with one attached hydrogen (secondary N) is 1. The third-order valence-corrected chi connectivity index (χ3v) is 2.71. The zero-order valence-electron chi connectivity index (χ0n) is 9.62. The number of rotatable bonds is 5. The summed E-state index contributed by atoms with van der Waals surface area (Å²) in [5.41, 5.74) is 0.244. The van der Waals surface area contributed by atoms with Crippen molar-refractivity contribution in [1.29, 1.82) is 0 Å². The van der Waals surface area contributed by atoms with Gasteiger partial charge in [0.1, 0.15) is 5.82 Å². The molecule has 0 aromatic carbocycles. The highest BCUT2D eigenvalue weighted by molar-refractivity contribution is 5.33. The van der Waals surface area contributed by atoms with Crippen LogP contribution in [0.25, 0.3) is 0 Å². The van der Waals surface area contributed by atoms with E-state index in [0.29, 0.717) is 12.4 Å². The predicted octanol–water partition coefficient (Wildman–Crippen LogP) is 1.75. The van der Waals surface area contributed by atoms with Gasteiger partial charge in [-0.3, -0.25) is 0 Å². The molecule has 0 fully saturated rings. The molecule has 1 heterocycles. The standard InChI is InChI=1S/C11H19N3O/c1-4-11(15,5-2)8-12-10-7-6-9(3)13-14-10/h6-7,15H,4-5,8H2,1-3H3,(H,12,14). The Bertz CT molecular complexity index is 293. The number of aliphatic hydroxyl groups is 1. The van der Waals surface area contributed by atoms with Crippen LogP contribution >= 0.6 is 0 Å². The minimum absolute atomic E-state index is 0.512. The highest BCUT2D eigenvalue weighted by Crippen LogP contribution is 2.15. The van der Waals surface area contributed by atoms with Crippen LogP contribution in [0.2, 0.25) is 0 Å². The van der Waals surface area contributed by atoms with E-state index in [-0.39, 0.29) is 0 Å². The summed E-state index contributed by atoms with van der Waals surface area (Å²) in [6, 6.07) is 3.76. The van der Waals surface area contributed by atoms with E-state index in [0.717, 1.165) is 18.5 Å². The molecule has 0 bridgehead atoms. The smallest absolute Gasteiger partial charge is 0.148 e. The molecule has 0 radical (unpaired) electrons. The first-order valence-electron chi connectivity index (χ1n) is 5.36. The lowest BCUT2D eigenvalue weighted by molar-refractivity contribution is 0.0456. The van der Waals surface area contributed by atoms with E-state index in [1.807, 2.05) is 32.9 Å². The van der Waals surface area contributed by atoms with E-state index < -0.39 is 5.60 Å². The molecular formula is C11H19N3O. The molecule has 0 saturated heterocycles. The Hall–Kier alpha value is -1.16. The zero-order chi connectivity index (χ0) is 11.3. The van der Waals surface area contributed by atoms with Crippen molar-refractivity contribution in [3.8, 4) is 0 Å². The molecule has 0 amide bonds. The van der Waals surface area contributed by atoms with Gasteiger partial charge < -0.3 is 10.4 Å². The van der Waals surface area contributed by atoms with Crippen molar-refractivity contribution in [3.63, 3.8) is 0 Å². The van der Waals surface area contributed by atoms with Crippen LogP contribution in [0.4, 0.5) is 5.82 Å². The topological polar surface area (TPSA) is 58.0 Å². The number of aromatic nitrogens is 2. The molecular weight excluding hydrogens is 190 g/mol. The molecule has 0 spiro atoms. The largest absolute Gasteiger partial charge is 0.388 e. The van der Waals surface area contributed by atoms with E-state index in [9.17, 15) is 5.11 Å². The van der Waals surface area contributed by atoms with Crippen molar-refractivity contribution < 1.29 is 5.11 Å². The quantitative estimate of drug-likeness (QED) is 0.775. The summed E-state index contributed by atoms with van der Waals surface area (Å²) in [6.45, 7) is 6.36. The fourth-order valence-corrected chi connectivity index (χ4v) is 1.25. The molecule has 4 nitrogen and oxygen atoms in total. The first-order chi connectivity index (χ1) is 7.09. The van der Waals surface area contributed by atoms with Gasteiger partial charge in [-0.15, -0.1) is 5.10 Å². The monoisotopic (exact) mass is 209 g/mol. The summed E-state index contributed by atoms with van der Waals surface area (Å²) < 4.78 is 0. The summed E-state index contributed by atoms with van der Waals surface area (Å²) in [5, 5.41) is 21.0. The molecule has 15 heavy (non-hydrogen) atoms. The van der Waals surface area contributed by atoms with Crippen LogP contribution in [-0.2, 0) is 0 Å². The van der Waals surface area contributed by atoms with Crippen molar-refractivity contribution in [2.45, 2.75) is 39.2 Å². The molecule has 0 aliphatic carbocycles. The maximum absolute atomic E-state index is 10.0. The van der Waals surface area contributed by atoms with Crippen molar-refractivity contribution in [1.82, 2.24) is 10.2 Å². The van der Waals surface area contributed by atoms with Gasteiger partial charge in [0.25, 0.3) is 0 Å². The molecule has 1 aromatic rings. The van der Waals surface area contributed by atoms with E-state index in [1.54, 1.807) is 0 Å². The fraction of sp³-hybridized carbons (Fsp3) is 0.636. The highest BCUT2D eigenvalue weighted by atomic mass is 16.3.